The Morgan fingerprint density at radius 1 is 0.975 bits per heavy atom. The van der Waals surface area contributed by atoms with E-state index in [-0.39, 0.29) is 17.7 Å². The van der Waals surface area contributed by atoms with Crippen molar-refractivity contribution in [2.24, 2.45) is 5.73 Å². The molecule has 3 atom stereocenters. The molecule has 1 fully saturated rings. The molecule has 1 unspecified atom stereocenters. The number of pyridine rings is 1. The van der Waals surface area contributed by atoms with E-state index in [1.807, 2.05) is 12.1 Å². The van der Waals surface area contributed by atoms with Crippen LogP contribution in [0.4, 0.5) is 0 Å². The van der Waals surface area contributed by atoms with Crippen LogP contribution in [0.25, 0.3) is 5.65 Å². The first-order valence-corrected chi connectivity index (χ1v) is 17.5. The minimum Gasteiger partial charge on any atom is -0.484 e. The molecule has 2 N–H and O–H groups in total. The molecule has 2 aliphatic rings. The molecule has 1 aromatic carbocycles. The number of likely N-dealkylation sites (tertiary alicyclic amines) is 1. The van der Waals surface area contributed by atoms with Gasteiger partial charge >= 0.3 is 0 Å². The zero-order valence-electron chi connectivity index (χ0n) is 25.6. The zero-order valence-corrected chi connectivity index (χ0v) is 26.6. The van der Waals surface area contributed by atoms with Crippen LogP contribution >= 0.6 is 0 Å². The topological polar surface area (TPSA) is 77.9 Å². The molecule has 7 nitrogen and oxygen atoms in total. The Kier molecular flexibility index (Phi) is 8.44. The number of rotatable bonds is 10. The summed E-state index contributed by atoms with van der Waals surface area (Å²) in [5, 5.41) is 9.30. The Labute approximate surface area is 241 Å². The molecule has 0 bridgehead atoms. The van der Waals surface area contributed by atoms with Gasteiger partial charge in [-0.2, -0.15) is 0 Å². The third-order valence-electron chi connectivity index (χ3n) is 9.83. The Balaban J connectivity index is 1.36. The van der Waals surface area contributed by atoms with E-state index in [0.717, 1.165) is 62.6 Å². The van der Waals surface area contributed by atoms with Gasteiger partial charge in [0.1, 0.15) is 11.9 Å². The molecule has 0 radical (unpaired) electrons. The average Bonchev–Trinajstić information content (AvgIpc) is 3.51. The van der Waals surface area contributed by atoms with Crippen molar-refractivity contribution >= 4 is 14.0 Å². The molecule has 2 aromatic heterocycles. The van der Waals surface area contributed by atoms with Crippen molar-refractivity contribution in [3.63, 3.8) is 0 Å². The molecular weight excluding hydrogens is 514 g/mol. The number of hydrogen-bond acceptors (Lipinski definition) is 6. The summed E-state index contributed by atoms with van der Waals surface area (Å²) in [6.07, 6.45) is 6.09. The predicted octanol–water partition coefficient (Wildman–Crippen LogP) is 7.15. The van der Waals surface area contributed by atoms with Crippen molar-refractivity contribution in [2.75, 3.05) is 19.7 Å². The van der Waals surface area contributed by atoms with Crippen LogP contribution in [-0.4, -0.2) is 47.5 Å². The molecule has 3 aromatic rings. The van der Waals surface area contributed by atoms with Gasteiger partial charge in [-0.3, -0.25) is 9.30 Å². The van der Waals surface area contributed by atoms with E-state index in [2.05, 4.69) is 93.3 Å². The lowest BCUT2D eigenvalue weighted by Gasteiger charge is -2.43. The Bertz CT molecular complexity index is 1290. The fourth-order valence-corrected chi connectivity index (χ4v) is 13.3. The van der Waals surface area contributed by atoms with E-state index < -0.39 is 8.32 Å². The summed E-state index contributed by atoms with van der Waals surface area (Å²) in [7, 11) is -1.90. The Morgan fingerprint density at radius 2 is 1.68 bits per heavy atom. The lowest BCUT2D eigenvalue weighted by molar-refractivity contribution is 0.114. The number of benzene rings is 1. The van der Waals surface area contributed by atoms with Crippen molar-refractivity contribution < 1.29 is 9.16 Å². The fraction of sp³-hybridized carbons (Fsp3) is 0.625. The number of fused-ring (bicyclic) bond motifs is 2. The van der Waals surface area contributed by atoms with E-state index in [0.29, 0.717) is 16.6 Å². The molecule has 3 heterocycles. The molecule has 0 spiro atoms. The fourth-order valence-electron chi connectivity index (χ4n) is 7.84. The maximum atomic E-state index is 6.94. The molecule has 0 saturated carbocycles. The second kappa shape index (κ2) is 11.5. The minimum atomic E-state index is -1.90. The van der Waals surface area contributed by atoms with Crippen LogP contribution in [-0.2, 0) is 9.96 Å². The van der Waals surface area contributed by atoms with Gasteiger partial charge in [0.25, 0.3) is 0 Å². The van der Waals surface area contributed by atoms with Gasteiger partial charge in [-0.1, -0.05) is 65.8 Å². The van der Waals surface area contributed by atoms with Gasteiger partial charge in [0, 0.05) is 19.2 Å². The van der Waals surface area contributed by atoms with E-state index in [9.17, 15) is 0 Å². The number of nitrogens with zero attached hydrogens (tertiary/aromatic N) is 4. The molecule has 40 heavy (non-hydrogen) atoms. The van der Waals surface area contributed by atoms with Crippen LogP contribution in [0.5, 0.6) is 5.75 Å². The predicted molar refractivity (Wildman–Crippen MR) is 164 cm³/mol. The van der Waals surface area contributed by atoms with Crippen molar-refractivity contribution in [3.8, 4) is 5.75 Å². The second-order valence-electron chi connectivity index (χ2n) is 13.1. The van der Waals surface area contributed by atoms with Crippen LogP contribution < -0.4 is 10.5 Å². The van der Waals surface area contributed by atoms with Crippen molar-refractivity contribution in [3.05, 3.63) is 59.5 Å². The molecule has 1 aliphatic carbocycles. The summed E-state index contributed by atoms with van der Waals surface area (Å²) in [5.41, 5.74) is 11.2. The van der Waals surface area contributed by atoms with E-state index >= 15 is 0 Å². The van der Waals surface area contributed by atoms with Crippen LogP contribution in [0, 0.1) is 0 Å². The van der Waals surface area contributed by atoms with Gasteiger partial charge in [0.15, 0.2) is 19.8 Å². The van der Waals surface area contributed by atoms with Crippen LogP contribution in [0.15, 0.2) is 42.6 Å². The summed E-state index contributed by atoms with van der Waals surface area (Å²) in [6.45, 7) is 19.2. The maximum Gasteiger partial charge on any atom is 0.200 e. The summed E-state index contributed by atoms with van der Waals surface area (Å²) in [6, 6.07) is 12.5. The summed E-state index contributed by atoms with van der Waals surface area (Å²) >= 11 is 0. The Hall–Kier alpha value is -2.26. The van der Waals surface area contributed by atoms with Gasteiger partial charge in [0.2, 0.25) is 0 Å². The summed E-state index contributed by atoms with van der Waals surface area (Å²) in [4.78, 5) is 2.57. The normalized spacial score (nSPS) is 24.0. The lowest BCUT2D eigenvalue weighted by atomic mass is 9.86. The van der Waals surface area contributed by atoms with Crippen LogP contribution in [0.2, 0.25) is 16.6 Å². The second-order valence-corrected chi connectivity index (χ2v) is 18.5. The molecule has 0 amide bonds. The standard InChI is InChI=1S/C32H49N5O2Si/c1-22(2)40(23(3)4,24(5)6)38-20-19-36-18-10-17-32(36,7)31-35-34-30-16-13-25(21-37(30)31)39-29-15-14-28(33)26-11-8-9-12-27(26)29/h8-9,11-13,16,21-24,28-29H,10,14-15,17-20,33H2,1-7H3/t28-,29+,32?/m0/s1. The summed E-state index contributed by atoms with van der Waals surface area (Å²) < 4.78 is 15.7. The SMILES string of the molecule is CC(C)[Si](OCCN1CCCC1(C)c1nnc2ccc(O[C@@H]3CC[C@H](N)c4ccccc43)cn12)(C(C)C)C(C)C. The highest BCUT2D eigenvalue weighted by molar-refractivity contribution is 6.77. The van der Waals surface area contributed by atoms with Crippen molar-refractivity contribution in [1.82, 2.24) is 19.5 Å². The van der Waals surface area contributed by atoms with Crippen LogP contribution in [0.1, 0.15) is 103 Å². The zero-order chi connectivity index (χ0) is 28.7. The van der Waals surface area contributed by atoms with Gasteiger partial charge in [-0.25, -0.2) is 0 Å². The lowest BCUT2D eigenvalue weighted by Crippen LogP contribution is -2.50. The third-order valence-corrected chi connectivity index (χ3v) is 15.9. The Morgan fingerprint density at radius 3 is 2.38 bits per heavy atom. The molecule has 5 rings (SSSR count). The first-order valence-electron chi connectivity index (χ1n) is 15.3. The molecule has 8 heteroatoms. The van der Waals surface area contributed by atoms with Gasteiger partial charge in [-0.05, 0) is 79.0 Å². The quantitative estimate of drug-likeness (QED) is 0.264. The molecular formula is C32H49N5O2Si. The maximum absolute atomic E-state index is 6.94. The molecule has 218 valence electrons. The van der Waals surface area contributed by atoms with E-state index in [1.54, 1.807) is 0 Å². The van der Waals surface area contributed by atoms with E-state index in [1.165, 1.54) is 11.1 Å². The number of hydrogen-bond donors (Lipinski definition) is 1. The van der Waals surface area contributed by atoms with Gasteiger partial charge in [-0.15, -0.1) is 10.2 Å². The highest BCUT2D eigenvalue weighted by Gasteiger charge is 2.46. The smallest absolute Gasteiger partial charge is 0.200 e. The number of ether oxygens (including phenoxy) is 1. The van der Waals surface area contributed by atoms with Crippen molar-refractivity contribution in [2.45, 2.75) is 108 Å². The summed E-state index contributed by atoms with van der Waals surface area (Å²) in [5.74, 6) is 1.82. The monoisotopic (exact) mass is 563 g/mol. The van der Waals surface area contributed by atoms with Crippen molar-refractivity contribution in [1.29, 1.82) is 0 Å². The highest BCUT2D eigenvalue weighted by atomic mass is 28.4. The van der Waals surface area contributed by atoms with Gasteiger partial charge in [0.05, 0.1) is 11.7 Å². The molecule has 1 aliphatic heterocycles. The van der Waals surface area contributed by atoms with Crippen LogP contribution in [0.3, 0.4) is 0 Å². The largest absolute Gasteiger partial charge is 0.484 e. The minimum absolute atomic E-state index is 0.00333. The van der Waals surface area contributed by atoms with E-state index in [4.69, 9.17) is 20.0 Å². The first-order chi connectivity index (χ1) is 19.1. The number of aromatic nitrogens is 3. The van der Waals surface area contributed by atoms with Gasteiger partial charge < -0.3 is 14.9 Å². The first kappa shape index (κ1) is 29.2. The highest BCUT2D eigenvalue weighted by Crippen LogP contribution is 2.43. The molecule has 1 saturated heterocycles. The third kappa shape index (κ3) is 5.12. The average molecular weight is 564 g/mol. The number of nitrogens with two attached hydrogens (primary N) is 1.